The van der Waals surface area contributed by atoms with Crippen LogP contribution >= 0.6 is 0 Å². The zero-order valence-electron chi connectivity index (χ0n) is 12.3. The van der Waals surface area contributed by atoms with E-state index < -0.39 is 0 Å². The van der Waals surface area contributed by atoms with E-state index in [1.165, 1.54) is 16.7 Å². The molecule has 1 N–H and O–H groups in total. The maximum atomic E-state index is 4.39. The van der Waals surface area contributed by atoms with Crippen LogP contribution in [0.1, 0.15) is 35.3 Å². The van der Waals surface area contributed by atoms with E-state index in [0.29, 0.717) is 6.04 Å². The Labute approximate surface area is 115 Å². The summed E-state index contributed by atoms with van der Waals surface area (Å²) < 4.78 is 1.85. The Morgan fingerprint density at radius 3 is 2.68 bits per heavy atom. The summed E-state index contributed by atoms with van der Waals surface area (Å²) in [4.78, 5) is 0. The van der Waals surface area contributed by atoms with Crippen LogP contribution in [0.2, 0.25) is 0 Å². The molecule has 0 saturated heterocycles. The monoisotopic (exact) mass is 257 g/mol. The Morgan fingerprint density at radius 2 is 2.05 bits per heavy atom. The van der Waals surface area contributed by atoms with Gasteiger partial charge in [-0.25, -0.2) is 0 Å². The number of hydrogen-bond acceptors (Lipinski definition) is 2. The molecule has 102 valence electrons. The fourth-order valence-electron chi connectivity index (χ4n) is 2.43. The SMILES string of the molecule is Cc1ccc(C(C)NCCc2ccn(C)n2)c(C)c1. The van der Waals surface area contributed by atoms with Crippen molar-refractivity contribution in [3.8, 4) is 0 Å². The van der Waals surface area contributed by atoms with E-state index in [-0.39, 0.29) is 0 Å². The van der Waals surface area contributed by atoms with E-state index in [1.54, 1.807) is 0 Å². The van der Waals surface area contributed by atoms with Crippen LogP contribution in [-0.4, -0.2) is 16.3 Å². The third-order valence-corrected chi connectivity index (χ3v) is 3.49. The molecule has 2 aromatic rings. The van der Waals surface area contributed by atoms with Gasteiger partial charge in [-0.1, -0.05) is 23.8 Å². The number of rotatable bonds is 5. The first-order chi connectivity index (χ1) is 9.06. The van der Waals surface area contributed by atoms with Gasteiger partial charge >= 0.3 is 0 Å². The standard InChI is InChI=1S/C16H23N3/c1-12-5-6-16(13(2)11-12)14(3)17-9-7-15-8-10-19(4)18-15/h5-6,8,10-11,14,17H,7,9H2,1-4H3. The van der Waals surface area contributed by atoms with Crippen molar-refractivity contribution in [1.82, 2.24) is 15.1 Å². The second-order valence-corrected chi connectivity index (χ2v) is 5.27. The average Bonchev–Trinajstić information content (AvgIpc) is 2.75. The number of benzene rings is 1. The van der Waals surface area contributed by atoms with Crippen LogP contribution in [0.15, 0.2) is 30.5 Å². The van der Waals surface area contributed by atoms with Crippen LogP contribution in [0.25, 0.3) is 0 Å². The van der Waals surface area contributed by atoms with E-state index in [4.69, 9.17) is 0 Å². The summed E-state index contributed by atoms with van der Waals surface area (Å²) in [6, 6.07) is 9.10. The Hall–Kier alpha value is -1.61. The maximum Gasteiger partial charge on any atom is 0.0637 e. The molecule has 1 heterocycles. The molecule has 0 spiro atoms. The Bertz CT molecular complexity index is 543. The summed E-state index contributed by atoms with van der Waals surface area (Å²) in [5.74, 6) is 0. The lowest BCUT2D eigenvalue weighted by atomic mass is 10.0. The minimum absolute atomic E-state index is 0.379. The molecule has 0 radical (unpaired) electrons. The van der Waals surface area contributed by atoms with Crippen LogP contribution in [0.3, 0.4) is 0 Å². The Morgan fingerprint density at radius 1 is 1.26 bits per heavy atom. The molecule has 1 aromatic heterocycles. The average molecular weight is 257 g/mol. The van der Waals surface area contributed by atoms with Crippen LogP contribution in [-0.2, 0) is 13.5 Å². The van der Waals surface area contributed by atoms with Crippen LogP contribution < -0.4 is 5.32 Å². The molecular formula is C16H23N3. The van der Waals surface area contributed by atoms with Crippen LogP contribution in [0, 0.1) is 13.8 Å². The third kappa shape index (κ3) is 3.67. The predicted molar refractivity (Wildman–Crippen MR) is 79.2 cm³/mol. The highest BCUT2D eigenvalue weighted by Gasteiger charge is 2.07. The van der Waals surface area contributed by atoms with Gasteiger partial charge in [0.25, 0.3) is 0 Å². The smallest absolute Gasteiger partial charge is 0.0637 e. The van der Waals surface area contributed by atoms with Crippen molar-refractivity contribution in [3.63, 3.8) is 0 Å². The molecule has 1 atom stereocenters. The number of hydrogen-bond donors (Lipinski definition) is 1. The highest BCUT2D eigenvalue weighted by Crippen LogP contribution is 2.18. The molecule has 0 fully saturated rings. The van der Waals surface area contributed by atoms with E-state index in [2.05, 4.69) is 55.5 Å². The second-order valence-electron chi connectivity index (χ2n) is 5.27. The molecule has 0 aliphatic rings. The van der Waals surface area contributed by atoms with Crippen molar-refractivity contribution in [2.75, 3.05) is 6.54 Å². The largest absolute Gasteiger partial charge is 0.310 e. The van der Waals surface area contributed by atoms with Crippen molar-refractivity contribution < 1.29 is 0 Å². The van der Waals surface area contributed by atoms with Gasteiger partial charge in [0, 0.05) is 32.3 Å². The van der Waals surface area contributed by atoms with Crippen molar-refractivity contribution in [3.05, 3.63) is 52.8 Å². The first-order valence-electron chi connectivity index (χ1n) is 6.85. The first-order valence-corrected chi connectivity index (χ1v) is 6.85. The molecule has 1 aromatic carbocycles. The summed E-state index contributed by atoms with van der Waals surface area (Å²) in [5.41, 5.74) is 5.20. The maximum absolute atomic E-state index is 4.39. The van der Waals surface area contributed by atoms with Crippen LogP contribution in [0.4, 0.5) is 0 Å². The minimum atomic E-state index is 0.379. The van der Waals surface area contributed by atoms with Gasteiger partial charge in [0.2, 0.25) is 0 Å². The van der Waals surface area contributed by atoms with Crippen molar-refractivity contribution in [2.24, 2.45) is 7.05 Å². The molecule has 0 saturated carbocycles. The lowest BCUT2D eigenvalue weighted by Crippen LogP contribution is -2.22. The number of nitrogens with zero attached hydrogens (tertiary/aromatic N) is 2. The molecule has 2 rings (SSSR count). The van der Waals surface area contributed by atoms with Gasteiger partial charge in [0.05, 0.1) is 5.69 Å². The van der Waals surface area contributed by atoms with Crippen molar-refractivity contribution in [2.45, 2.75) is 33.2 Å². The fraction of sp³-hybridized carbons (Fsp3) is 0.438. The normalized spacial score (nSPS) is 12.6. The molecule has 0 amide bonds. The minimum Gasteiger partial charge on any atom is -0.310 e. The fourth-order valence-corrected chi connectivity index (χ4v) is 2.43. The second kappa shape index (κ2) is 6.02. The van der Waals surface area contributed by atoms with E-state index in [1.807, 2.05) is 17.9 Å². The van der Waals surface area contributed by atoms with Gasteiger partial charge in [-0.15, -0.1) is 0 Å². The summed E-state index contributed by atoms with van der Waals surface area (Å²) in [6.45, 7) is 7.48. The molecule has 19 heavy (non-hydrogen) atoms. The highest BCUT2D eigenvalue weighted by molar-refractivity contribution is 5.32. The van der Waals surface area contributed by atoms with Gasteiger partial charge in [0.1, 0.15) is 0 Å². The summed E-state index contributed by atoms with van der Waals surface area (Å²) in [7, 11) is 1.95. The van der Waals surface area contributed by atoms with Gasteiger partial charge in [-0.3, -0.25) is 4.68 Å². The Balaban J connectivity index is 1.88. The Kier molecular flexibility index (Phi) is 4.38. The van der Waals surface area contributed by atoms with Crippen molar-refractivity contribution >= 4 is 0 Å². The van der Waals surface area contributed by atoms with E-state index in [0.717, 1.165) is 18.7 Å². The summed E-state index contributed by atoms with van der Waals surface area (Å²) in [5, 5.41) is 7.95. The highest BCUT2D eigenvalue weighted by atomic mass is 15.2. The van der Waals surface area contributed by atoms with E-state index in [9.17, 15) is 0 Å². The molecular weight excluding hydrogens is 234 g/mol. The van der Waals surface area contributed by atoms with Gasteiger partial charge in [0.15, 0.2) is 0 Å². The molecule has 0 aliphatic heterocycles. The zero-order chi connectivity index (χ0) is 13.8. The lowest BCUT2D eigenvalue weighted by Gasteiger charge is -2.16. The molecule has 3 heteroatoms. The number of nitrogens with one attached hydrogen (secondary N) is 1. The molecule has 1 unspecified atom stereocenters. The van der Waals surface area contributed by atoms with Gasteiger partial charge in [-0.05, 0) is 38.0 Å². The first kappa shape index (κ1) is 13.8. The molecule has 3 nitrogen and oxygen atoms in total. The van der Waals surface area contributed by atoms with E-state index >= 15 is 0 Å². The predicted octanol–water partition coefficient (Wildman–Crippen LogP) is 2.93. The number of aryl methyl sites for hydroxylation is 3. The quantitative estimate of drug-likeness (QED) is 0.892. The van der Waals surface area contributed by atoms with Crippen molar-refractivity contribution in [1.29, 1.82) is 0 Å². The van der Waals surface area contributed by atoms with Gasteiger partial charge < -0.3 is 5.32 Å². The summed E-state index contributed by atoms with van der Waals surface area (Å²) in [6.07, 6.45) is 2.96. The third-order valence-electron chi connectivity index (χ3n) is 3.49. The van der Waals surface area contributed by atoms with Gasteiger partial charge in [-0.2, -0.15) is 5.10 Å². The summed E-state index contributed by atoms with van der Waals surface area (Å²) >= 11 is 0. The zero-order valence-corrected chi connectivity index (χ0v) is 12.3. The number of aromatic nitrogens is 2. The molecule has 0 aliphatic carbocycles. The molecule has 0 bridgehead atoms. The lowest BCUT2D eigenvalue weighted by molar-refractivity contribution is 0.569. The van der Waals surface area contributed by atoms with Crippen LogP contribution in [0.5, 0.6) is 0 Å². The topological polar surface area (TPSA) is 29.9 Å².